The SMILES string of the molecule is Cc1cc(N(C)C(=O)Oc2ccc3c(c2)C(=O)N(C2CCC(=O)NC2=O)C3)ccc1-c1ccccc1. The van der Waals surface area contributed by atoms with Crippen molar-refractivity contribution in [2.24, 2.45) is 0 Å². The minimum Gasteiger partial charge on any atom is -0.410 e. The fourth-order valence-electron chi connectivity index (χ4n) is 4.67. The predicted octanol–water partition coefficient (Wildman–Crippen LogP) is 4.06. The molecule has 1 atom stereocenters. The molecule has 0 radical (unpaired) electrons. The van der Waals surface area contributed by atoms with Gasteiger partial charge in [0.15, 0.2) is 0 Å². The van der Waals surface area contributed by atoms with Gasteiger partial charge in [-0.1, -0.05) is 42.5 Å². The van der Waals surface area contributed by atoms with Crippen molar-refractivity contribution in [3.05, 3.63) is 83.4 Å². The Morgan fingerprint density at radius 3 is 2.50 bits per heavy atom. The van der Waals surface area contributed by atoms with Gasteiger partial charge in [-0.3, -0.25) is 24.6 Å². The molecule has 3 aromatic carbocycles. The van der Waals surface area contributed by atoms with E-state index in [9.17, 15) is 19.2 Å². The lowest BCUT2D eigenvalue weighted by Crippen LogP contribution is -2.52. The molecular weight excluding hydrogens is 458 g/mol. The van der Waals surface area contributed by atoms with E-state index in [-0.39, 0.29) is 30.5 Å². The molecule has 0 bridgehead atoms. The Balaban J connectivity index is 1.29. The first-order valence-corrected chi connectivity index (χ1v) is 11.7. The van der Waals surface area contributed by atoms with Crippen LogP contribution >= 0.6 is 0 Å². The van der Waals surface area contributed by atoms with E-state index in [1.807, 2.05) is 55.5 Å². The zero-order valence-corrected chi connectivity index (χ0v) is 20.0. The van der Waals surface area contributed by atoms with Crippen molar-refractivity contribution in [3.63, 3.8) is 0 Å². The fourth-order valence-corrected chi connectivity index (χ4v) is 4.67. The van der Waals surface area contributed by atoms with Crippen molar-refractivity contribution < 1.29 is 23.9 Å². The van der Waals surface area contributed by atoms with Crippen LogP contribution in [0.2, 0.25) is 0 Å². The highest BCUT2D eigenvalue weighted by Crippen LogP contribution is 2.31. The lowest BCUT2D eigenvalue weighted by atomic mass is 10.00. The number of fused-ring (bicyclic) bond motifs is 1. The van der Waals surface area contributed by atoms with Gasteiger partial charge in [-0.25, -0.2) is 4.79 Å². The molecular formula is C28H25N3O5. The summed E-state index contributed by atoms with van der Waals surface area (Å²) in [7, 11) is 1.63. The molecule has 1 fully saturated rings. The summed E-state index contributed by atoms with van der Waals surface area (Å²) in [6, 6.07) is 20.0. The van der Waals surface area contributed by atoms with Crippen LogP contribution < -0.4 is 15.0 Å². The van der Waals surface area contributed by atoms with Crippen LogP contribution in [-0.4, -0.2) is 41.8 Å². The number of ether oxygens (including phenoxy) is 1. The van der Waals surface area contributed by atoms with Crippen LogP contribution in [0.1, 0.15) is 34.3 Å². The van der Waals surface area contributed by atoms with Crippen LogP contribution in [0.4, 0.5) is 10.5 Å². The molecule has 0 saturated carbocycles. The lowest BCUT2D eigenvalue weighted by molar-refractivity contribution is -0.136. The molecule has 2 aliphatic heterocycles. The van der Waals surface area contributed by atoms with Gasteiger partial charge in [0.05, 0.1) is 0 Å². The van der Waals surface area contributed by atoms with Gasteiger partial charge >= 0.3 is 6.09 Å². The Morgan fingerprint density at radius 2 is 1.78 bits per heavy atom. The quantitative estimate of drug-likeness (QED) is 0.565. The Labute approximate surface area is 208 Å². The zero-order chi connectivity index (χ0) is 25.4. The van der Waals surface area contributed by atoms with Gasteiger partial charge in [0.25, 0.3) is 5.91 Å². The highest BCUT2D eigenvalue weighted by atomic mass is 16.6. The van der Waals surface area contributed by atoms with Crippen molar-refractivity contribution >= 4 is 29.5 Å². The van der Waals surface area contributed by atoms with E-state index in [2.05, 4.69) is 5.32 Å². The van der Waals surface area contributed by atoms with E-state index in [0.29, 0.717) is 17.7 Å². The standard InChI is InChI=1S/C28H25N3O5/c1-17-14-20(9-11-22(17)18-6-4-3-5-7-18)30(2)28(35)36-21-10-8-19-16-31(27(34)23(19)15-21)24-12-13-25(32)29-26(24)33/h3-11,14-15,24H,12-13,16H2,1-2H3,(H,29,32,33). The van der Waals surface area contributed by atoms with E-state index in [1.54, 1.807) is 19.2 Å². The number of carbonyl (C=O) groups is 4. The van der Waals surface area contributed by atoms with E-state index < -0.39 is 18.0 Å². The van der Waals surface area contributed by atoms with Crippen LogP contribution in [0, 0.1) is 6.92 Å². The number of nitrogens with one attached hydrogen (secondary N) is 1. The first-order chi connectivity index (χ1) is 17.3. The van der Waals surface area contributed by atoms with Crippen LogP contribution in [0.5, 0.6) is 5.75 Å². The fraction of sp³-hybridized carbons (Fsp3) is 0.214. The molecule has 2 aliphatic rings. The highest BCUT2D eigenvalue weighted by Gasteiger charge is 2.39. The summed E-state index contributed by atoms with van der Waals surface area (Å²) in [6.07, 6.45) is -0.105. The molecule has 36 heavy (non-hydrogen) atoms. The largest absolute Gasteiger partial charge is 0.419 e. The second kappa shape index (κ2) is 9.30. The number of hydrogen-bond acceptors (Lipinski definition) is 5. The summed E-state index contributed by atoms with van der Waals surface area (Å²) in [5, 5.41) is 2.29. The Bertz CT molecular complexity index is 1390. The maximum atomic E-state index is 13.0. The normalized spacial score (nSPS) is 17.0. The third kappa shape index (κ3) is 4.33. The summed E-state index contributed by atoms with van der Waals surface area (Å²) < 4.78 is 5.57. The first-order valence-electron chi connectivity index (χ1n) is 11.7. The number of imide groups is 1. The molecule has 0 spiro atoms. The summed E-state index contributed by atoms with van der Waals surface area (Å²) in [5.74, 6) is -0.877. The van der Waals surface area contributed by atoms with Gasteiger partial charge in [-0.05, 0) is 59.9 Å². The number of hydrogen-bond donors (Lipinski definition) is 1. The van der Waals surface area contributed by atoms with Gasteiger partial charge in [0.1, 0.15) is 11.8 Å². The molecule has 4 amide bonds. The molecule has 8 nitrogen and oxygen atoms in total. The van der Waals surface area contributed by atoms with Gasteiger partial charge in [0.2, 0.25) is 11.8 Å². The summed E-state index contributed by atoms with van der Waals surface area (Å²) in [5.41, 5.74) is 5.01. The molecule has 2 heterocycles. The Morgan fingerprint density at radius 1 is 1.00 bits per heavy atom. The van der Waals surface area contributed by atoms with E-state index >= 15 is 0 Å². The third-order valence-electron chi connectivity index (χ3n) is 6.66. The summed E-state index contributed by atoms with van der Waals surface area (Å²) >= 11 is 0. The Hall–Kier alpha value is -4.46. The molecule has 3 aromatic rings. The minimum absolute atomic E-state index is 0.192. The van der Waals surface area contributed by atoms with Gasteiger partial charge in [0, 0.05) is 31.3 Å². The summed E-state index contributed by atoms with van der Waals surface area (Å²) in [4.78, 5) is 52.4. The zero-order valence-electron chi connectivity index (χ0n) is 20.0. The van der Waals surface area contributed by atoms with Gasteiger partial charge < -0.3 is 9.64 Å². The monoisotopic (exact) mass is 483 g/mol. The molecule has 0 aromatic heterocycles. The molecule has 1 saturated heterocycles. The van der Waals surface area contributed by atoms with Crippen molar-refractivity contribution in [3.8, 4) is 16.9 Å². The molecule has 5 rings (SSSR count). The second-order valence-corrected chi connectivity index (χ2v) is 9.01. The van der Waals surface area contributed by atoms with E-state index in [1.165, 1.54) is 15.9 Å². The molecule has 1 unspecified atom stereocenters. The maximum absolute atomic E-state index is 13.0. The highest BCUT2D eigenvalue weighted by molar-refractivity contribution is 6.05. The average molecular weight is 484 g/mol. The van der Waals surface area contributed by atoms with Crippen LogP contribution in [0.3, 0.4) is 0 Å². The smallest absolute Gasteiger partial charge is 0.410 e. The average Bonchev–Trinajstić information content (AvgIpc) is 3.19. The molecule has 0 aliphatic carbocycles. The molecule has 8 heteroatoms. The number of rotatable bonds is 4. The van der Waals surface area contributed by atoms with Crippen molar-refractivity contribution in [2.75, 3.05) is 11.9 Å². The second-order valence-electron chi connectivity index (χ2n) is 9.01. The van der Waals surface area contributed by atoms with Gasteiger partial charge in [-0.2, -0.15) is 0 Å². The van der Waals surface area contributed by atoms with Crippen LogP contribution in [0.25, 0.3) is 11.1 Å². The molecule has 1 N–H and O–H groups in total. The van der Waals surface area contributed by atoms with Crippen LogP contribution in [-0.2, 0) is 16.1 Å². The third-order valence-corrected chi connectivity index (χ3v) is 6.66. The predicted molar refractivity (Wildman–Crippen MR) is 134 cm³/mol. The van der Waals surface area contributed by atoms with Gasteiger partial charge in [-0.15, -0.1) is 0 Å². The number of amides is 4. The number of nitrogens with zero attached hydrogens (tertiary/aromatic N) is 2. The van der Waals surface area contributed by atoms with Crippen molar-refractivity contribution in [1.82, 2.24) is 10.2 Å². The minimum atomic E-state index is -0.693. The van der Waals surface area contributed by atoms with Crippen LogP contribution in [0.15, 0.2) is 66.7 Å². The van der Waals surface area contributed by atoms with Crippen molar-refractivity contribution in [1.29, 1.82) is 0 Å². The van der Waals surface area contributed by atoms with E-state index in [0.717, 1.165) is 22.3 Å². The number of aryl methyl sites for hydroxylation is 1. The maximum Gasteiger partial charge on any atom is 0.419 e. The first kappa shape index (κ1) is 23.3. The number of benzene rings is 3. The lowest BCUT2D eigenvalue weighted by Gasteiger charge is -2.29. The number of piperidine rings is 1. The Kier molecular flexibility index (Phi) is 6.01. The summed E-state index contributed by atoms with van der Waals surface area (Å²) in [6.45, 7) is 2.26. The topological polar surface area (TPSA) is 96.0 Å². The van der Waals surface area contributed by atoms with Crippen molar-refractivity contribution in [2.45, 2.75) is 32.4 Å². The molecule has 182 valence electrons. The number of anilines is 1. The van der Waals surface area contributed by atoms with E-state index in [4.69, 9.17) is 4.74 Å². The number of carbonyl (C=O) groups excluding carboxylic acids is 4.